The molecule has 1 saturated heterocycles. The lowest BCUT2D eigenvalue weighted by molar-refractivity contribution is -0.148. The van der Waals surface area contributed by atoms with Crippen molar-refractivity contribution in [3.63, 3.8) is 0 Å². The first kappa shape index (κ1) is 17.4. The summed E-state index contributed by atoms with van der Waals surface area (Å²) in [5.41, 5.74) is 0. The second kappa shape index (κ2) is 6.67. The molecule has 1 aliphatic rings. The lowest BCUT2D eigenvalue weighted by Gasteiger charge is -2.37. The largest absolute Gasteiger partial charge is 0.481 e. The van der Waals surface area contributed by atoms with Crippen molar-refractivity contribution < 1.29 is 23.1 Å². The molecule has 9 nitrogen and oxygen atoms in total. The molecule has 1 aromatic rings. The quantitative estimate of drug-likeness (QED) is 0.736. The highest BCUT2D eigenvalue weighted by molar-refractivity contribution is 7.89. The number of likely N-dealkylation sites (tertiary alicyclic amines) is 1. The summed E-state index contributed by atoms with van der Waals surface area (Å²) in [5, 5.41) is 8.99. The molecule has 0 aliphatic carbocycles. The molecule has 1 amide bonds. The molecule has 0 spiro atoms. The van der Waals surface area contributed by atoms with Crippen molar-refractivity contribution >= 4 is 21.9 Å². The van der Waals surface area contributed by atoms with E-state index < -0.39 is 40.4 Å². The normalized spacial score (nSPS) is 22.1. The van der Waals surface area contributed by atoms with Crippen molar-refractivity contribution in [2.24, 2.45) is 13.0 Å². The van der Waals surface area contributed by atoms with Crippen LogP contribution in [0.25, 0.3) is 0 Å². The molecule has 1 fully saturated rings. The zero-order valence-corrected chi connectivity index (χ0v) is 13.8. The van der Waals surface area contributed by atoms with Crippen LogP contribution in [-0.4, -0.2) is 59.0 Å². The lowest BCUT2D eigenvalue weighted by Crippen LogP contribution is -2.51. The van der Waals surface area contributed by atoms with E-state index in [1.165, 1.54) is 22.0 Å². The Bertz CT molecular complexity index is 699. The summed E-state index contributed by atoms with van der Waals surface area (Å²) in [6.45, 7) is 1.67. The van der Waals surface area contributed by atoms with E-state index in [9.17, 15) is 18.0 Å². The Morgan fingerprint density at radius 1 is 1.48 bits per heavy atom. The molecule has 0 unspecified atom stereocenters. The van der Waals surface area contributed by atoms with Gasteiger partial charge in [-0.25, -0.2) is 18.1 Å². The van der Waals surface area contributed by atoms with E-state index in [4.69, 9.17) is 5.11 Å². The summed E-state index contributed by atoms with van der Waals surface area (Å²) in [4.78, 5) is 28.6. The van der Waals surface area contributed by atoms with E-state index in [1.54, 1.807) is 14.0 Å². The van der Waals surface area contributed by atoms with Crippen LogP contribution in [0.2, 0.25) is 0 Å². The Kier molecular flexibility index (Phi) is 5.05. The number of carboxylic acid groups (broad SMARTS) is 1. The number of nitrogens with zero attached hydrogens (tertiary/aromatic N) is 3. The first-order valence-electron chi connectivity index (χ1n) is 7.22. The van der Waals surface area contributed by atoms with Crippen molar-refractivity contribution in [2.75, 3.05) is 13.1 Å². The third-order valence-corrected chi connectivity index (χ3v) is 5.28. The molecule has 2 rings (SSSR count). The predicted octanol–water partition coefficient (Wildman–Crippen LogP) is -0.590. The van der Waals surface area contributed by atoms with Gasteiger partial charge in [-0.15, -0.1) is 0 Å². The van der Waals surface area contributed by atoms with Gasteiger partial charge in [0.1, 0.15) is 0 Å². The summed E-state index contributed by atoms with van der Waals surface area (Å²) in [5.74, 6) is -2.01. The van der Waals surface area contributed by atoms with Crippen molar-refractivity contribution in [3.8, 4) is 0 Å². The van der Waals surface area contributed by atoms with Gasteiger partial charge < -0.3 is 14.6 Å². The molecule has 2 heterocycles. The number of aromatic nitrogens is 2. The molecule has 10 heteroatoms. The highest BCUT2D eigenvalue weighted by Gasteiger charge is 2.35. The van der Waals surface area contributed by atoms with Crippen molar-refractivity contribution in [1.82, 2.24) is 19.2 Å². The summed E-state index contributed by atoms with van der Waals surface area (Å²) in [6.07, 6.45) is 3.78. The van der Waals surface area contributed by atoms with Crippen LogP contribution in [-0.2, 0) is 26.7 Å². The number of aliphatic carboxylic acids is 1. The fourth-order valence-electron chi connectivity index (χ4n) is 2.69. The van der Waals surface area contributed by atoms with E-state index in [-0.39, 0.29) is 5.03 Å². The minimum Gasteiger partial charge on any atom is -0.481 e. The van der Waals surface area contributed by atoms with Gasteiger partial charge in [0.2, 0.25) is 5.91 Å². The topological polar surface area (TPSA) is 122 Å². The molecule has 128 valence electrons. The van der Waals surface area contributed by atoms with Gasteiger partial charge in [0.15, 0.2) is 5.03 Å². The third-order valence-electron chi connectivity index (χ3n) is 4.00. The van der Waals surface area contributed by atoms with Gasteiger partial charge in [-0.2, -0.15) is 0 Å². The Morgan fingerprint density at radius 2 is 2.17 bits per heavy atom. The maximum Gasteiger partial charge on any atom is 0.308 e. The number of hydrogen-bond acceptors (Lipinski definition) is 5. The van der Waals surface area contributed by atoms with E-state index in [0.29, 0.717) is 19.4 Å². The first-order valence-corrected chi connectivity index (χ1v) is 8.70. The van der Waals surface area contributed by atoms with Gasteiger partial charge in [-0.1, -0.05) is 0 Å². The number of carboxylic acids is 1. The first-order chi connectivity index (χ1) is 10.7. The number of carbonyl (C=O) groups excluding carboxylic acids is 1. The van der Waals surface area contributed by atoms with Crippen LogP contribution in [0, 0.1) is 5.92 Å². The summed E-state index contributed by atoms with van der Waals surface area (Å²) >= 11 is 0. The average Bonchev–Trinajstić information content (AvgIpc) is 2.92. The zero-order chi connectivity index (χ0) is 17.2. The zero-order valence-electron chi connectivity index (χ0n) is 13.0. The maximum atomic E-state index is 12.2. The molecule has 2 atom stereocenters. The van der Waals surface area contributed by atoms with Gasteiger partial charge in [0.05, 0.1) is 18.8 Å². The second-order valence-corrected chi connectivity index (χ2v) is 7.33. The van der Waals surface area contributed by atoms with Crippen LogP contribution in [0.4, 0.5) is 0 Å². The number of carbonyl (C=O) groups is 2. The Morgan fingerprint density at radius 3 is 2.74 bits per heavy atom. The van der Waals surface area contributed by atoms with Crippen LogP contribution in [0.1, 0.15) is 19.8 Å². The van der Waals surface area contributed by atoms with Gasteiger partial charge in [-0.05, 0) is 19.8 Å². The molecule has 1 aromatic heterocycles. The van der Waals surface area contributed by atoms with Gasteiger partial charge in [-0.3, -0.25) is 9.59 Å². The van der Waals surface area contributed by atoms with Gasteiger partial charge in [0, 0.05) is 25.8 Å². The van der Waals surface area contributed by atoms with Crippen LogP contribution in [0.3, 0.4) is 0 Å². The molecule has 23 heavy (non-hydrogen) atoms. The SMILES string of the molecule is C[C@@H]1[C@H](C(=O)O)CCCN1C(=O)CNS(=O)(=O)c1cn(C)cn1. The summed E-state index contributed by atoms with van der Waals surface area (Å²) < 4.78 is 27.8. The van der Waals surface area contributed by atoms with Gasteiger partial charge in [0.25, 0.3) is 10.0 Å². The minimum absolute atomic E-state index is 0.164. The van der Waals surface area contributed by atoms with Crippen LogP contribution in [0.15, 0.2) is 17.6 Å². The summed E-state index contributed by atoms with van der Waals surface area (Å²) in [7, 11) is -2.23. The number of hydrogen-bond donors (Lipinski definition) is 2. The number of sulfonamides is 1. The molecule has 0 saturated carbocycles. The van der Waals surface area contributed by atoms with Crippen molar-refractivity contribution in [2.45, 2.75) is 30.8 Å². The van der Waals surface area contributed by atoms with E-state index in [1.807, 2.05) is 0 Å². The van der Waals surface area contributed by atoms with Gasteiger partial charge >= 0.3 is 5.97 Å². The van der Waals surface area contributed by atoms with E-state index in [2.05, 4.69) is 9.71 Å². The number of amides is 1. The number of piperidine rings is 1. The van der Waals surface area contributed by atoms with Crippen LogP contribution < -0.4 is 4.72 Å². The minimum atomic E-state index is -3.87. The van der Waals surface area contributed by atoms with Crippen molar-refractivity contribution in [3.05, 3.63) is 12.5 Å². The number of aryl methyl sites for hydroxylation is 1. The Hall–Kier alpha value is -1.94. The molecule has 1 aliphatic heterocycles. The molecule has 0 radical (unpaired) electrons. The van der Waals surface area contributed by atoms with Crippen molar-refractivity contribution in [1.29, 1.82) is 0 Å². The van der Waals surface area contributed by atoms with Crippen LogP contribution >= 0.6 is 0 Å². The van der Waals surface area contributed by atoms with Crippen LogP contribution in [0.5, 0.6) is 0 Å². The number of imidazole rings is 1. The molecule has 0 aromatic carbocycles. The van der Waals surface area contributed by atoms with E-state index >= 15 is 0 Å². The fraction of sp³-hybridized carbons (Fsp3) is 0.615. The fourth-order valence-corrected chi connectivity index (χ4v) is 3.64. The average molecular weight is 344 g/mol. The lowest BCUT2D eigenvalue weighted by atomic mass is 9.90. The molecule has 2 N–H and O–H groups in total. The predicted molar refractivity (Wildman–Crippen MR) is 79.9 cm³/mol. The summed E-state index contributed by atoms with van der Waals surface area (Å²) in [6, 6.07) is -0.465. The second-order valence-electron chi connectivity index (χ2n) is 5.62. The molecular weight excluding hydrogens is 324 g/mol. The van der Waals surface area contributed by atoms with E-state index in [0.717, 1.165) is 0 Å². The number of rotatable bonds is 5. The smallest absolute Gasteiger partial charge is 0.308 e. The molecule has 0 bridgehead atoms. The third kappa shape index (κ3) is 3.88. The molecular formula is C13H20N4O5S. The Labute approximate surface area is 134 Å². The maximum absolute atomic E-state index is 12.2. The highest BCUT2D eigenvalue weighted by atomic mass is 32.2. The number of nitrogens with one attached hydrogen (secondary N) is 1. The Balaban J connectivity index is 2.00. The highest BCUT2D eigenvalue weighted by Crippen LogP contribution is 2.23. The monoisotopic (exact) mass is 344 g/mol. The standard InChI is InChI=1S/C13H20N4O5S/c1-9-10(13(19)20)4-3-5-17(9)12(18)6-15-23(21,22)11-7-16(2)8-14-11/h7-10,15H,3-6H2,1-2H3,(H,19,20)/t9-,10-/m1/s1.